The zero-order chi connectivity index (χ0) is 22.2. The summed E-state index contributed by atoms with van der Waals surface area (Å²) in [5.74, 6) is 0.614. The van der Waals surface area contributed by atoms with Crippen LogP contribution in [0.25, 0.3) is 21.5 Å². The first-order valence-corrected chi connectivity index (χ1v) is 11.9. The van der Waals surface area contributed by atoms with Crippen molar-refractivity contribution in [2.45, 2.75) is 4.90 Å². The van der Waals surface area contributed by atoms with Crippen LogP contribution in [0.2, 0.25) is 0 Å². The first-order valence-electron chi connectivity index (χ1n) is 8.70. The van der Waals surface area contributed by atoms with Crippen LogP contribution in [0.15, 0.2) is 49.7 Å². The Hall–Kier alpha value is -2.83. The van der Waals surface area contributed by atoms with Crippen molar-refractivity contribution in [2.75, 3.05) is 26.1 Å². The Morgan fingerprint density at radius 3 is 2.32 bits per heavy atom. The highest BCUT2D eigenvalue weighted by Gasteiger charge is 2.28. The van der Waals surface area contributed by atoms with Gasteiger partial charge >= 0.3 is 0 Å². The molecule has 2 aromatic carbocycles. The molecule has 4 aromatic rings. The second kappa shape index (κ2) is 8.36. The van der Waals surface area contributed by atoms with E-state index in [0.717, 1.165) is 10.6 Å². The van der Waals surface area contributed by atoms with E-state index in [4.69, 9.17) is 18.7 Å². The Labute approximate surface area is 190 Å². The number of nitrogens with zero attached hydrogens (tertiary/aromatic N) is 2. The summed E-state index contributed by atoms with van der Waals surface area (Å²) in [6.07, 6.45) is 0. The highest BCUT2D eigenvalue weighted by Crippen LogP contribution is 2.40. The van der Waals surface area contributed by atoms with Crippen LogP contribution in [0.1, 0.15) is 0 Å². The van der Waals surface area contributed by atoms with Crippen LogP contribution < -0.4 is 18.9 Å². The van der Waals surface area contributed by atoms with E-state index in [1.54, 1.807) is 18.2 Å². The molecule has 162 valence electrons. The van der Waals surface area contributed by atoms with Gasteiger partial charge in [0.2, 0.25) is 0 Å². The minimum absolute atomic E-state index is 0.0216. The molecule has 4 rings (SSSR count). The normalized spacial score (nSPS) is 11.5. The van der Waals surface area contributed by atoms with Gasteiger partial charge in [-0.05, 0) is 40.2 Å². The molecule has 0 atom stereocenters. The lowest BCUT2D eigenvalue weighted by atomic mass is 10.1. The van der Waals surface area contributed by atoms with E-state index in [-0.39, 0.29) is 22.2 Å². The summed E-state index contributed by atoms with van der Waals surface area (Å²) >= 11 is 4.77. The number of fused-ring (bicyclic) bond motifs is 1. The number of ether oxygens (including phenoxy) is 3. The summed E-state index contributed by atoms with van der Waals surface area (Å²) in [6.45, 7) is 0. The van der Waals surface area contributed by atoms with Crippen LogP contribution in [-0.2, 0) is 10.0 Å². The van der Waals surface area contributed by atoms with Gasteiger partial charge in [-0.2, -0.15) is 0 Å². The molecule has 0 spiro atoms. The van der Waals surface area contributed by atoms with E-state index in [9.17, 15) is 8.42 Å². The molecular weight excluding hydrogens is 510 g/mol. The van der Waals surface area contributed by atoms with Gasteiger partial charge in [0.15, 0.2) is 16.3 Å². The monoisotopic (exact) mass is 525 g/mol. The van der Waals surface area contributed by atoms with Gasteiger partial charge in [0, 0.05) is 10.9 Å². The number of hydrogen-bond acceptors (Lipinski definition) is 9. The number of hydrogen-bond donors (Lipinski definition) is 1. The molecule has 12 heteroatoms. The van der Waals surface area contributed by atoms with Crippen LogP contribution in [-0.4, -0.2) is 39.9 Å². The molecular formula is C19H16BrN3O6S2. The van der Waals surface area contributed by atoms with Crippen molar-refractivity contribution in [2.24, 2.45) is 0 Å². The quantitative estimate of drug-likeness (QED) is 0.374. The molecule has 0 radical (unpaired) electrons. The summed E-state index contributed by atoms with van der Waals surface area (Å²) in [5.41, 5.74) is 1.09. The summed E-state index contributed by atoms with van der Waals surface area (Å²) in [6, 6.07) is 8.14. The highest BCUT2D eigenvalue weighted by atomic mass is 79.9. The molecule has 0 unspecified atom stereocenters. The van der Waals surface area contributed by atoms with Gasteiger partial charge in [-0.1, -0.05) is 11.2 Å². The second-order valence-electron chi connectivity index (χ2n) is 6.16. The molecule has 0 aliphatic carbocycles. The summed E-state index contributed by atoms with van der Waals surface area (Å²) in [7, 11) is 0.0900. The standard InChI is InChI=1S/C19H16BrN3O6S2/c1-26-11-5-4-6-12(27-2)17(11)31(24,25)23-18-16-13(28-3)7-10(8-14(16)29-22-18)19-21-15(20)9-30-19/h4-9H,1-3H3,(H,22,23). The van der Waals surface area contributed by atoms with Crippen molar-refractivity contribution in [1.29, 1.82) is 0 Å². The van der Waals surface area contributed by atoms with Crippen LogP contribution in [0.4, 0.5) is 5.82 Å². The number of benzene rings is 2. The number of thiazole rings is 1. The lowest BCUT2D eigenvalue weighted by molar-refractivity contribution is 0.373. The first-order chi connectivity index (χ1) is 14.9. The van der Waals surface area contributed by atoms with E-state index < -0.39 is 10.0 Å². The molecule has 31 heavy (non-hydrogen) atoms. The molecule has 0 amide bonds. The topological polar surface area (TPSA) is 113 Å². The van der Waals surface area contributed by atoms with E-state index in [1.807, 2.05) is 5.38 Å². The van der Waals surface area contributed by atoms with Gasteiger partial charge in [0.1, 0.15) is 32.2 Å². The fourth-order valence-corrected chi connectivity index (χ4v) is 5.61. The van der Waals surface area contributed by atoms with Crippen LogP contribution in [0.3, 0.4) is 0 Å². The van der Waals surface area contributed by atoms with Crippen molar-refractivity contribution in [3.8, 4) is 27.8 Å². The van der Waals surface area contributed by atoms with E-state index in [1.165, 1.54) is 44.8 Å². The number of aromatic nitrogens is 2. The predicted octanol–water partition coefficient (Wildman–Crippen LogP) is 4.54. The SMILES string of the molecule is COc1cccc(OC)c1S(=O)(=O)Nc1noc2cc(-c3nc(Br)cs3)cc(OC)c12. The number of anilines is 1. The molecule has 0 aliphatic heterocycles. The van der Waals surface area contributed by atoms with Crippen molar-refractivity contribution in [3.63, 3.8) is 0 Å². The molecule has 0 aliphatic rings. The smallest absolute Gasteiger partial charge is 0.270 e. The molecule has 2 aromatic heterocycles. The van der Waals surface area contributed by atoms with Gasteiger partial charge in [-0.25, -0.2) is 13.4 Å². The fraction of sp³-hybridized carbons (Fsp3) is 0.158. The lowest BCUT2D eigenvalue weighted by Gasteiger charge is -2.14. The highest BCUT2D eigenvalue weighted by molar-refractivity contribution is 9.10. The number of rotatable bonds is 7. The Bertz CT molecular complexity index is 1340. The number of nitrogens with one attached hydrogen (secondary N) is 1. The summed E-state index contributed by atoms with van der Waals surface area (Å²) < 4.78 is 50.9. The Morgan fingerprint density at radius 2 is 1.74 bits per heavy atom. The third-order valence-corrected chi connectivity index (χ3v) is 7.37. The zero-order valence-corrected chi connectivity index (χ0v) is 19.7. The van der Waals surface area contributed by atoms with E-state index in [0.29, 0.717) is 21.3 Å². The maximum atomic E-state index is 13.2. The number of halogens is 1. The molecule has 0 saturated heterocycles. The maximum absolute atomic E-state index is 13.2. The maximum Gasteiger partial charge on any atom is 0.270 e. The molecule has 0 bridgehead atoms. The second-order valence-corrected chi connectivity index (χ2v) is 9.45. The molecule has 1 N–H and O–H groups in total. The molecule has 9 nitrogen and oxygen atoms in total. The summed E-state index contributed by atoms with van der Waals surface area (Å²) in [5, 5.41) is 6.88. The van der Waals surface area contributed by atoms with Gasteiger partial charge in [0.05, 0.1) is 21.3 Å². The van der Waals surface area contributed by atoms with E-state index in [2.05, 4.69) is 30.8 Å². The van der Waals surface area contributed by atoms with Crippen LogP contribution in [0, 0.1) is 0 Å². The van der Waals surface area contributed by atoms with E-state index >= 15 is 0 Å². The molecule has 0 saturated carbocycles. The summed E-state index contributed by atoms with van der Waals surface area (Å²) in [4.78, 5) is 4.23. The Kier molecular flexibility index (Phi) is 5.77. The number of methoxy groups -OCH3 is 3. The zero-order valence-electron chi connectivity index (χ0n) is 16.5. The Morgan fingerprint density at radius 1 is 1.06 bits per heavy atom. The minimum atomic E-state index is -4.14. The minimum Gasteiger partial charge on any atom is -0.496 e. The van der Waals surface area contributed by atoms with Crippen LogP contribution in [0.5, 0.6) is 17.2 Å². The van der Waals surface area contributed by atoms with Gasteiger partial charge in [-0.15, -0.1) is 11.3 Å². The van der Waals surface area contributed by atoms with Crippen LogP contribution >= 0.6 is 27.3 Å². The van der Waals surface area contributed by atoms with Crippen molar-refractivity contribution >= 4 is 54.1 Å². The third kappa shape index (κ3) is 3.93. The number of sulfonamides is 1. The average Bonchev–Trinajstić information content (AvgIpc) is 3.38. The average molecular weight is 526 g/mol. The lowest BCUT2D eigenvalue weighted by Crippen LogP contribution is -2.15. The molecule has 0 fully saturated rings. The largest absolute Gasteiger partial charge is 0.496 e. The van der Waals surface area contributed by atoms with Gasteiger partial charge < -0.3 is 18.7 Å². The fourth-order valence-electron chi connectivity index (χ4n) is 3.04. The van der Waals surface area contributed by atoms with Crippen molar-refractivity contribution in [3.05, 3.63) is 40.3 Å². The molecule has 2 heterocycles. The van der Waals surface area contributed by atoms with Gasteiger partial charge in [0.25, 0.3) is 10.0 Å². The van der Waals surface area contributed by atoms with Crippen molar-refractivity contribution in [1.82, 2.24) is 10.1 Å². The van der Waals surface area contributed by atoms with Gasteiger partial charge in [-0.3, -0.25) is 4.72 Å². The third-order valence-electron chi connectivity index (χ3n) is 4.36. The van der Waals surface area contributed by atoms with Crippen molar-refractivity contribution < 1.29 is 27.2 Å². The Balaban J connectivity index is 1.81. The predicted molar refractivity (Wildman–Crippen MR) is 120 cm³/mol. The first kappa shape index (κ1) is 21.4.